The first kappa shape index (κ1) is 33.5. The fourth-order valence-corrected chi connectivity index (χ4v) is 4.87. The van der Waals surface area contributed by atoms with Crippen LogP contribution in [0, 0.1) is 5.82 Å². The van der Waals surface area contributed by atoms with Crippen molar-refractivity contribution in [2.75, 3.05) is 26.0 Å². The average Bonchev–Trinajstić information content (AvgIpc) is 2.86. The van der Waals surface area contributed by atoms with Crippen molar-refractivity contribution in [1.82, 2.24) is 9.55 Å². The van der Waals surface area contributed by atoms with Crippen LogP contribution >= 0.6 is 7.60 Å². The third-order valence-electron chi connectivity index (χ3n) is 6.14. The summed E-state index contributed by atoms with van der Waals surface area (Å²) in [6, 6.07) is 0. The predicted octanol–water partition coefficient (Wildman–Crippen LogP) is 6.32. The maximum atomic E-state index is 13.2. The van der Waals surface area contributed by atoms with Crippen LogP contribution in [0.2, 0.25) is 0 Å². The van der Waals surface area contributed by atoms with Gasteiger partial charge in [-0.2, -0.15) is 4.39 Å². The van der Waals surface area contributed by atoms with Crippen molar-refractivity contribution in [2.24, 2.45) is 0 Å². The van der Waals surface area contributed by atoms with Crippen LogP contribution in [0.15, 0.2) is 27.9 Å². The molecule has 1 heterocycles. The van der Waals surface area contributed by atoms with Crippen LogP contribution in [0.4, 0.5) is 4.39 Å². The van der Waals surface area contributed by atoms with Gasteiger partial charge < -0.3 is 14.2 Å². The second kappa shape index (κ2) is 21.4. The minimum Gasteiger partial charge on any atom is -0.381 e. The first-order valence-electron chi connectivity index (χ1n) is 14.0. The normalized spacial score (nSPS) is 13.4. The van der Waals surface area contributed by atoms with E-state index in [-0.39, 0.29) is 19.3 Å². The number of nitrogens with one attached hydrogen (secondary N) is 1. The van der Waals surface area contributed by atoms with E-state index in [2.05, 4.69) is 6.92 Å². The molecule has 0 bridgehead atoms. The summed E-state index contributed by atoms with van der Waals surface area (Å²) >= 11 is 0. The van der Waals surface area contributed by atoms with Crippen molar-refractivity contribution in [1.29, 1.82) is 0 Å². The molecule has 8 nitrogen and oxygen atoms in total. The van der Waals surface area contributed by atoms with Crippen LogP contribution in [0.25, 0.3) is 0 Å². The molecule has 0 amide bonds. The molecule has 0 aliphatic heterocycles. The zero-order valence-corrected chi connectivity index (χ0v) is 23.5. The van der Waals surface area contributed by atoms with Gasteiger partial charge in [0.25, 0.3) is 5.56 Å². The molecule has 0 spiro atoms. The van der Waals surface area contributed by atoms with Crippen LogP contribution < -0.4 is 11.2 Å². The number of hydrogen-bond donors (Lipinski definition) is 2. The molecule has 214 valence electrons. The number of H-pyrrole nitrogens is 1. The first-order chi connectivity index (χ1) is 17.9. The van der Waals surface area contributed by atoms with Crippen LogP contribution in [0.5, 0.6) is 0 Å². The number of aromatic nitrogens is 2. The molecule has 1 aromatic heterocycles. The third kappa shape index (κ3) is 18.4. The monoisotopic (exact) mass is 546 g/mol. The fourth-order valence-electron chi connectivity index (χ4n) is 3.94. The van der Waals surface area contributed by atoms with E-state index in [4.69, 9.17) is 9.26 Å². The Labute approximate surface area is 221 Å². The Morgan fingerprint density at radius 1 is 0.865 bits per heavy atom. The Hall–Kier alpha value is -1.54. The first-order valence-corrected chi connectivity index (χ1v) is 15.8. The second-order valence-corrected chi connectivity index (χ2v) is 11.5. The molecule has 0 fully saturated rings. The van der Waals surface area contributed by atoms with Gasteiger partial charge in [0, 0.05) is 19.8 Å². The van der Waals surface area contributed by atoms with Crippen LogP contribution in [-0.2, 0) is 20.4 Å². The van der Waals surface area contributed by atoms with Crippen LogP contribution in [0.1, 0.15) is 103 Å². The molecular formula is C27H48FN2O6P. The number of aromatic amines is 1. The SMILES string of the molecule is CCCCCCCCCCCCCCCCOCCCOP(=O)(O)C/C=C/Cn1cc(F)c(=O)[nH]c1=O. The molecule has 0 aromatic carbocycles. The molecule has 0 saturated carbocycles. The lowest BCUT2D eigenvalue weighted by atomic mass is 10.0. The highest BCUT2D eigenvalue weighted by Gasteiger charge is 2.16. The lowest BCUT2D eigenvalue weighted by Crippen LogP contribution is -2.31. The standard InChI is InChI=1S/C27H48FN2O6P/c1-2-3-4-5-6-7-8-9-10-11-12-13-14-16-20-35-21-18-22-36-37(33,34)23-17-15-19-30-24-25(28)26(31)29-27(30)32/h15,17,24H,2-14,16,18-23H2,1H3,(H,33,34)(H,29,31,32)/b17-15+. The number of rotatable bonds is 24. The summed E-state index contributed by atoms with van der Waals surface area (Å²) in [6.45, 7) is 3.51. The van der Waals surface area contributed by atoms with Crippen molar-refractivity contribution in [3.63, 3.8) is 0 Å². The van der Waals surface area contributed by atoms with Gasteiger partial charge in [-0.25, -0.2) is 4.79 Å². The van der Waals surface area contributed by atoms with E-state index in [1.165, 1.54) is 95.6 Å². The lowest BCUT2D eigenvalue weighted by molar-refractivity contribution is 0.114. The molecule has 0 aliphatic rings. The van der Waals surface area contributed by atoms with Gasteiger partial charge in [-0.15, -0.1) is 0 Å². The summed E-state index contributed by atoms with van der Waals surface area (Å²) in [5, 5.41) is 0. The average molecular weight is 547 g/mol. The van der Waals surface area contributed by atoms with Gasteiger partial charge in [0.15, 0.2) is 0 Å². The largest absolute Gasteiger partial charge is 0.381 e. The van der Waals surface area contributed by atoms with Crippen molar-refractivity contribution in [3.05, 3.63) is 45.0 Å². The molecule has 1 atom stereocenters. The van der Waals surface area contributed by atoms with Gasteiger partial charge in [-0.3, -0.25) is 18.9 Å². The van der Waals surface area contributed by atoms with E-state index in [9.17, 15) is 23.4 Å². The number of ether oxygens (including phenoxy) is 1. The van der Waals surface area contributed by atoms with E-state index >= 15 is 0 Å². The maximum Gasteiger partial charge on any atom is 0.331 e. The Bertz CT molecular complexity index is 902. The summed E-state index contributed by atoms with van der Waals surface area (Å²) < 4.78 is 36.9. The molecule has 10 heteroatoms. The Balaban J connectivity index is 1.92. The smallest absolute Gasteiger partial charge is 0.331 e. The van der Waals surface area contributed by atoms with Gasteiger partial charge in [-0.1, -0.05) is 103 Å². The highest BCUT2D eigenvalue weighted by Crippen LogP contribution is 2.41. The quantitative estimate of drug-likeness (QED) is 0.0892. The molecule has 2 N–H and O–H groups in total. The van der Waals surface area contributed by atoms with Gasteiger partial charge >= 0.3 is 13.3 Å². The minimum absolute atomic E-state index is 0.0420. The molecular weight excluding hydrogens is 498 g/mol. The highest BCUT2D eigenvalue weighted by molar-refractivity contribution is 7.53. The van der Waals surface area contributed by atoms with Gasteiger partial charge in [0.1, 0.15) is 0 Å². The molecule has 1 aromatic rings. The van der Waals surface area contributed by atoms with Crippen molar-refractivity contribution in [3.8, 4) is 0 Å². The summed E-state index contributed by atoms with van der Waals surface area (Å²) in [5.41, 5.74) is -1.84. The van der Waals surface area contributed by atoms with E-state index in [1.807, 2.05) is 4.98 Å². The molecule has 0 radical (unpaired) electrons. The Morgan fingerprint density at radius 3 is 2.00 bits per heavy atom. The van der Waals surface area contributed by atoms with Gasteiger partial charge in [-0.05, 0) is 12.8 Å². The molecule has 0 saturated heterocycles. The van der Waals surface area contributed by atoms with Crippen LogP contribution in [-0.4, -0.2) is 40.4 Å². The molecule has 1 rings (SSSR count). The number of unbranched alkanes of at least 4 members (excludes halogenated alkanes) is 13. The van der Waals surface area contributed by atoms with E-state index in [0.717, 1.165) is 17.2 Å². The van der Waals surface area contributed by atoms with Crippen molar-refractivity contribution >= 4 is 7.60 Å². The van der Waals surface area contributed by atoms with E-state index in [0.29, 0.717) is 19.6 Å². The number of nitrogens with zero attached hydrogens (tertiary/aromatic N) is 1. The van der Waals surface area contributed by atoms with E-state index in [1.54, 1.807) is 0 Å². The number of halogens is 1. The molecule has 37 heavy (non-hydrogen) atoms. The van der Waals surface area contributed by atoms with Crippen molar-refractivity contribution < 1.29 is 23.1 Å². The minimum atomic E-state index is -3.80. The van der Waals surface area contributed by atoms with Gasteiger partial charge in [0.2, 0.25) is 5.82 Å². The molecule has 1 unspecified atom stereocenters. The zero-order chi connectivity index (χ0) is 27.2. The Morgan fingerprint density at radius 2 is 1.41 bits per heavy atom. The summed E-state index contributed by atoms with van der Waals surface area (Å²) in [6.07, 6.45) is 22.4. The zero-order valence-electron chi connectivity index (χ0n) is 22.6. The Kier molecular flexibility index (Phi) is 19.4. The maximum absolute atomic E-state index is 13.2. The topological polar surface area (TPSA) is 111 Å². The number of hydrogen-bond acceptors (Lipinski definition) is 5. The highest BCUT2D eigenvalue weighted by atomic mass is 31.2. The number of allylic oxidation sites excluding steroid dienone is 2. The van der Waals surface area contributed by atoms with Crippen LogP contribution in [0.3, 0.4) is 0 Å². The third-order valence-corrected chi connectivity index (χ3v) is 7.40. The summed E-state index contributed by atoms with van der Waals surface area (Å²) in [7, 11) is -3.80. The van der Waals surface area contributed by atoms with Crippen molar-refractivity contribution in [2.45, 2.75) is 110 Å². The fraction of sp³-hybridized carbons (Fsp3) is 0.778. The predicted molar refractivity (Wildman–Crippen MR) is 147 cm³/mol. The molecule has 0 aliphatic carbocycles. The van der Waals surface area contributed by atoms with Gasteiger partial charge in [0.05, 0.1) is 19.0 Å². The summed E-state index contributed by atoms with van der Waals surface area (Å²) in [5.74, 6) is -1.07. The second-order valence-electron chi connectivity index (χ2n) is 9.58. The lowest BCUT2D eigenvalue weighted by Gasteiger charge is -2.10. The summed E-state index contributed by atoms with van der Waals surface area (Å²) in [4.78, 5) is 34.2. The van der Waals surface area contributed by atoms with E-state index < -0.39 is 24.7 Å².